The number of fused-ring (bicyclic) bond motifs is 1. The van der Waals surface area contributed by atoms with E-state index in [2.05, 4.69) is 12.1 Å². The van der Waals surface area contributed by atoms with Crippen molar-refractivity contribution in [2.45, 2.75) is 26.8 Å². The summed E-state index contributed by atoms with van der Waals surface area (Å²) in [6.07, 6.45) is 0. The number of rotatable bonds is 4. The third kappa shape index (κ3) is 2.68. The molecule has 0 spiro atoms. The highest BCUT2D eigenvalue weighted by atomic mass is 16.2. The summed E-state index contributed by atoms with van der Waals surface area (Å²) in [5.41, 5.74) is 6.96. The Kier molecular flexibility index (Phi) is 4.40. The minimum Gasteiger partial charge on any atom is -0.320 e. The van der Waals surface area contributed by atoms with E-state index in [0.29, 0.717) is 6.54 Å². The van der Waals surface area contributed by atoms with Gasteiger partial charge in [0, 0.05) is 11.9 Å². The lowest BCUT2D eigenvalue weighted by Crippen LogP contribution is -2.46. The van der Waals surface area contributed by atoms with Crippen molar-refractivity contribution in [3.63, 3.8) is 0 Å². The quantitative estimate of drug-likeness (QED) is 0.927. The van der Waals surface area contributed by atoms with Gasteiger partial charge in [-0.25, -0.2) is 0 Å². The summed E-state index contributed by atoms with van der Waals surface area (Å²) in [6, 6.07) is 13.6. The van der Waals surface area contributed by atoms with Crippen molar-refractivity contribution in [2.24, 2.45) is 11.7 Å². The smallest absolute Gasteiger partial charge is 0.244 e. The van der Waals surface area contributed by atoms with Gasteiger partial charge in [-0.1, -0.05) is 50.2 Å². The van der Waals surface area contributed by atoms with Gasteiger partial charge in [0.25, 0.3) is 0 Å². The van der Waals surface area contributed by atoms with Crippen LogP contribution in [-0.2, 0) is 4.79 Å². The molecule has 0 aliphatic rings. The molecule has 3 heteroatoms. The van der Waals surface area contributed by atoms with Crippen molar-refractivity contribution in [2.75, 3.05) is 11.4 Å². The second-order valence-electron chi connectivity index (χ2n) is 5.35. The van der Waals surface area contributed by atoms with Crippen LogP contribution in [0.15, 0.2) is 42.5 Å². The number of hydrogen-bond acceptors (Lipinski definition) is 2. The lowest BCUT2D eigenvalue weighted by atomic mass is 10.0. The van der Waals surface area contributed by atoms with Crippen molar-refractivity contribution in [1.82, 2.24) is 0 Å². The Morgan fingerprint density at radius 3 is 2.45 bits per heavy atom. The van der Waals surface area contributed by atoms with Crippen LogP contribution in [0.4, 0.5) is 5.69 Å². The molecule has 0 saturated carbocycles. The summed E-state index contributed by atoms with van der Waals surface area (Å²) in [4.78, 5) is 14.3. The zero-order chi connectivity index (χ0) is 14.7. The van der Waals surface area contributed by atoms with Crippen molar-refractivity contribution in [3.05, 3.63) is 42.5 Å². The number of amides is 1. The van der Waals surface area contributed by atoms with E-state index in [9.17, 15) is 4.79 Å². The average Bonchev–Trinajstić information content (AvgIpc) is 2.47. The molecule has 1 amide bonds. The van der Waals surface area contributed by atoms with Crippen molar-refractivity contribution in [3.8, 4) is 0 Å². The summed E-state index contributed by atoms with van der Waals surface area (Å²) in [6.45, 7) is 6.54. The molecule has 2 aromatic rings. The van der Waals surface area contributed by atoms with E-state index in [-0.39, 0.29) is 11.8 Å². The van der Waals surface area contributed by atoms with Gasteiger partial charge in [-0.2, -0.15) is 0 Å². The number of likely N-dealkylation sites (N-methyl/N-ethyl adjacent to an activating group) is 1. The van der Waals surface area contributed by atoms with E-state index < -0.39 is 6.04 Å². The summed E-state index contributed by atoms with van der Waals surface area (Å²) in [5, 5.41) is 2.22. The Labute approximate surface area is 120 Å². The van der Waals surface area contributed by atoms with Gasteiger partial charge in [0.05, 0.1) is 11.7 Å². The fourth-order valence-electron chi connectivity index (χ4n) is 2.35. The maximum Gasteiger partial charge on any atom is 0.244 e. The van der Waals surface area contributed by atoms with Gasteiger partial charge in [-0.15, -0.1) is 0 Å². The van der Waals surface area contributed by atoms with Gasteiger partial charge in [-0.05, 0) is 24.3 Å². The minimum absolute atomic E-state index is 0.0150. The normalized spacial score (nSPS) is 12.7. The maximum absolute atomic E-state index is 12.6. The summed E-state index contributed by atoms with van der Waals surface area (Å²) in [7, 11) is 0. The molecule has 0 aliphatic carbocycles. The first-order valence-electron chi connectivity index (χ1n) is 7.11. The van der Waals surface area contributed by atoms with E-state index in [1.807, 2.05) is 51.1 Å². The molecule has 0 unspecified atom stereocenters. The number of carbonyl (C=O) groups excluding carboxylic acids is 1. The topological polar surface area (TPSA) is 46.3 Å². The van der Waals surface area contributed by atoms with E-state index in [1.54, 1.807) is 4.90 Å². The van der Waals surface area contributed by atoms with E-state index in [1.165, 1.54) is 0 Å². The second-order valence-corrected chi connectivity index (χ2v) is 5.35. The van der Waals surface area contributed by atoms with Crippen LogP contribution in [-0.4, -0.2) is 18.5 Å². The van der Waals surface area contributed by atoms with Crippen molar-refractivity contribution in [1.29, 1.82) is 0 Å². The Bertz CT molecular complexity index is 601. The predicted molar refractivity (Wildman–Crippen MR) is 84.8 cm³/mol. The molecule has 3 nitrogen and oxygen atoms in total. The third-order valence-corrected chi connectivity index (χ3v) is 3.64. The Balaban J connectivity index is 2.47. The van der Waals surface area contributed by atoms with E-state index in [4.69, 9.17) is 5.73 Å². The van der Waals surface area contributed by atoms with Crippen LogP contribution in [0.3, 0.4) is 0 Å². The highest BCUT2D eigenvalue weighted by Crippen LogP contribution is 2.27. The molecule has 0 saturated heterocycles. The highest BCUT2D eigenvalue weighted by Gasteiger charge is 2.24. The predicted octanol–water partition coefficient (Wildman–Crippen LogP) is 3.18. The molecule has 2 N–H and O–H groups in total. The van der Waals surface area contributed by atoms with Crippen LogP contribution >= 0.6 is 0 Å². The number of nitrogens with two attached hydrogens (primary N) is 1. The lowest BCUT2D eigenvalue weighted by molar-refractivity contribution is -0.120. The van der Waals surface area contributed by atoms with Gasteiger partial charge in [0.15, 0.2) is 0 Å². The SMILES string of the molecule is CCN(C(=O)[C@@H](N)C(C)C)c1cccc2ccccc12. The number of benzene rings is 2. The molecule has 2 aromatic carbocycles. The van der Waals surface area contributed by atoms with Crippen molar-refractivity contribution >= 4 is 22.4 Å². The molecule has 0 fully saturated rings. The van der Waals surface area contributed by atoms with Crippen LogP contribution in [0, 0.1) is 5.92 Å². The fraction of sp³-hybridized carbons (Fsp3) is 0.353. The first kappa shape index (κ1) is 14.5. The monoisotopic (exact) mass is 270 g/mol. The highest BCUT2D eigenvalue weighted by molar-refractivity contribution is 6.05. The number of anilines is 1. The average molecular weight is 270 g/mol. The van der Waals surface area contributed by atoms with Crippen LogP contribution in [0.25, 0.3) is 10.8 Å². The van der Waals surface area contributed by atoms with Crippen LogP contribution in [0.2, 0.25) is 0 Å². The summed E-state index contributed by atoms with van der Waals surface area (Å²) >= 11 is 0. The fourth-order valence-corrected chi connectivity index (χ4v) is 2.35. The van der Waals surface area contributed by atoms with Gasteiger partial charge in [0.2, 0.25) is 5.91 Å². The maximum atomic E-state index is 12.6. The van der Waals surface area contributed by atoms with Crippen LogP contribution in [0.5, 0.6) is 0 Å². The Morgan fingerprint density at radius 1 is 1.15 bits per heavy atom. The van der Waals surface area contributed by atoms with Crippen LogP contribution < -0.4 is 10.6 Å². The molecule has 0 radical (unpaired) electrons. The molecule has 2 rings (SSSR count). The van der Waals surface area contributed by atoms with E-state index >= 15 is 0 Å². The zero-order valence-electron chi connectivity index (χ0n) is 12.3. The molecule has 0 heterocycles. The number of carbonyl (C=O) groups is 1. The molecule has 1 atom stereocenters. The molecule has 0 bridgehead atoms. The van der Waals surface area contributed by atoms with Gasteiger partial charge < -0.3 is 10.6 Å². The zero-order valence-corrected chi connectivity index (χ0v) is 12.3. The minimum atomic E-state index is -0.464. The lowest BCUT2D eigenvalue weighted by Gasteiger charge is -2.27. The first-order valence-corrected chi connectivity index (χ1v) is 7.11. The molecular weight excluding hydrogens is 248 g/mol. The number of hydrogen-bond donors (Lipinski definition) is 1. The summed E-state index contributed by atoms with van der Waals surface area (Å²) < 4.78 is 0. The first-order chi connectivity index (χ1) is 9.56. The van der Waals surface area contributed by atoms with Crippen molar-refractivity contribution < 1.29 is 4.79 Å². The molecular formula is C17H22N2O. The standard InChI is InChI=1S/C17H22N2O/c1-4-19(17(20)16(18)12(2)3)15-11-7-9-13-8-5-6-10-14(13)15/h5-12,16H,4,18H2,1-3H3/t16-/m0/s1. The molecule has 0 aliphatic heterocycles. The van der Waals surface area contributed by atoms with Gasteiger partial charge in [0.1, 0.15) is 0 Å². The second kappa shape index (κ2) is 6.06. The van der Waals surface area contributed by atoms with Gasteiger partial charge in [-0.3, -0.25) is 4.79 Å². The third-order valence-electron chi connectivity index (χ3n) is 3.64. The van der Waals surface area contributed by atoms with E-state index in [0.717, 1.165) is 16.5 Å². The molecule has 106 valence electrons. The summed E-state index contributed by atoms with van der Waals surface area (Å²) in [5.74, 6) is 0.116. The molecule has 20 heavy (non-hydrogen) atoms. The van der Waals surface area contributed by atoms with Crippen LogP contribution in [0.1, 0.15) is 20.8 Å². The van der Waals surface area contributed by atoms with Gasteiger partial charge >= 0.3 is 0 Å². The Morgan fingerprint density at radius 2 is 1.80 bits per heavy atom. The Hall–Kier alpha value is -1.87. The largest absolute Gasteiger partial charge is 0.320 e. The molecule has 0 aromatic heterocycles. The number of nitrogens with zero attached hydrogens (tertiary/aromatic N) is 1.